The summed E-state index contributed by atoms with van der Waals surface area (Å²) in [4.78, 5) is 18.1. The molecule has 126 valence electrons. The quantitative estimate of drug-likeness (QED) is 0.762. The third-order valence-corrected chi connectivity index (χ3v) is 4.02. The number of halogens is 2. The number of likely N-dealkylation sites (tertiary alicyclic amines) is 1. The Labute approximate surface area is 145 Å². The minimum Gasteiger partial charge on any atom is -0.454 e. The van der Waals surface area contributed by atoms with Crippen molar-refractivity contribution in [3.05, 3.63) is 30.1 Å². The second-order valence-corrected chi connectivity index (χ2v) is 5.52. The first kappa shape index (κ1) is 21.2. The van der Waals surface area contributed by atoms with Gasteiger partial charge in [-0.25, -0.2) is 0 Å². The molecule has 0 aliphatic carbocycles. The van der Waals surface area contributed by atoms with E-state index in [1.54, 1.807) is 6.20 Å². The molecule has 6 heteroatoms. The third-order valence-electron chi connectivity index (χ3n) is 4.02. The zero-order valence-electron chi connectivity index (χ0n) is 13.3. The van der Waals surface area contributed by atoms with Gasteiger partial charge in [-0.2, -0.15) is 0 Å². The van der Waals surface area contributed by atoms with Gasteiger partial charge in [0.2, 0.25) is 0 Å². The summed E-state index contributed by atoms with van der Waals surface area (Å²) in [5.41, 5.74) is 0.536. The maximum atomic E-state index is 11.5. The first-order valence-corrected chi connectivity index (χ1v) is 7.49. The summed E-state index contributed by atoms with van der Waals surface area (Å²) >= 11 is 0. The van der Waals surface area contributed by atoms with E-state index in [2.05, 4.69) is 16.8 Å². The van der Waals surface area contributed by atoms with Gasteiger partial charge in [-0.15, -0.1) is 24.8 Å². The Morgan fingerprint density at radius 3 is 2.55 bits per heavy atom. The van der Waals surface area contributed by atoms with Crippen LogP contribution in [0.1, 0.15) is 45.1 Å². The van der Waals surface area contributed by atoms with Crippen molar-refractivity contribution in [3.8, 4) is 0 Å². The van der Waals surface area contributed by atoms with Crippen molar-refractivity contribution in [2.75, 3.05) is 19.6 Å². The Morgan fingerprint density at radius 2 is 2.05 bits per heavy atom. The lowest BCUT2D eigenvalue weighted by molar-refractivity contribution is -0.164. The minimum absolute atomic E-state index is 0. The molecule has 1 saturated heterocycles. The number of aromatic nitrogens is 1. The Kier molecular flexibility index (Phi) is 9.65. The van der Waals surface area contributed by atoms with Gasteiger partial charge in [-0.1, -0.05) is 19.4 Å². The summed E-state index contributed by atoms with van der Waals surface area (Å²) in [7, 11) is 0. The van der Waals surface area contributed by atoms with Crippen molar-refractivity contribution in [1.82, 2.24) is 9.88 Å². The average molecular weight is 349 g/mol. The van der Waals surface area contributed by atoms with Crippen LogP contribution < -0.4 is 0 Å². The maximum Gasteiger partial charge on any atom is 0.303 e. The molecule has 2 heterocycles. The van der Waals surface area contributed by atoms with Crippen molar-refractivity contribution in [1.29, 1.82) is 0 Å². The normalized spacial score (nSPS) is 17.0. The number of pyridine rings is 1. The fourth-order valence-corrected chi connectivity index (χ4v) is 2.88. The van der Waals surface area contributed by atoms with E-state index in [9.17, 15) is 4.79 Å². The first-order chi connectivity index (χ1) is 9.66. The van der Waals surface area contributed by atoms with E-state index in [1.807, 2.05) is 18.3 Å². The van der Waals surface area contributed by atoms with Gasteiger partial charge in [0.15, 0.2) is 0 Å². The number of hydrogen-bond donors (Lipinski definition) is 0. The predicted molar refractivity (Wildman–Crippen MR) is 92.8 cm³/mol. The lowest BCUT2D eigenvalue weighted by Crippen LogP contribution is -2.45. The summed E-state index contributed by atoms with van der Waals surface area (Å²) < 4.78 is 5.71. The highest BCUT2D eigenvalue weighted by molar-refractivity contribution is 5.85. The third kappa shape index (κ3) is 5.41. The van der Waals surface area contributed by atoms with E-state index in [0.29, 0.717) is 0 Å². The molecule has 0 N–H and O–H groups in total. The highest BCUT2D eigenvalue weighted by Gasteiger charge is 2.39. The summed E-state index contributed by atoms with van der Waals surface area (Å²) in [6.45, 7) is 6.79. The van der Waals surface area contributed by atoms with Gasteiger partial charge >= 0.3 is 5.97 Å². The molecule has 1 aliphatic heterocycles. The molecule has 0 aromatic carbocycles. The molecule has 2 rings (SSSR count). The van der Waals surface area contributed by atoms with Crippen LogP contribution in [0.5, 0.6) is 0 Å². The SMILES string of the molecule is CCCCN1CCC(OC(C)=O)(c2cccnc2)CC1.Cl.Cl. The topological polar surface area (TPSA) is 42.4 Å². The zero-order chi connectivity index (χ0) is 14.4. The Morgan fingerprint density at radius 1 is 1.36 bits per heavy atom. The van der Waals surface area contributed by atoms with Crippen LogP contribution in [0.25, 0.3) is 0 Å². The number of hydrogen-bond acceptors (Lipinski definition) is 4. The van der Waals surface area contributed by atoms with E-state index < -0.39 is 5.60 Å². The van der Waals surface area contributed by atoms with Crippen LogP contribution in [0.15, 0.2) is 24.5 Å². The molecule has 0 spiro atoms. The Bertz CT molecular complexity index is 435. The largest absolute Gasteiger partial charge is 0.454 e. The lowest BCUT2D eigenvalue weighted by Gasteiger charge is -2.41. The highest BCUT2D eigenvalue weighted by atomic mass is 35.5. The number of nitrogens with zero attached hydrogens (tertiary/aromatic N) is 2. The molecule has 1 aliphatic rings. The number of piperidine rings is 1. The van der Waals surface area contributed by atoms with Gasteiger partial charge in [0.05, 0.1) is 0 Å². The van der Waals surface area contributed by atoms with Crippen LogP contribution in [0, 0.1) is 0 Å². The standard InChI is InChI=1S/C16H24N2O2.2ClH/c1-3-4-10-18-11-7-16(8-12-18,20-14(2)19)15-6-5-9-17-13-15;;/h5-6,9,13H,3-4,7-8,10-12H2,1-2H3;2*1H. The molecular weight excluding hydrogens is 323 g/mol. The predicted octanol–water partition coefficient (Wildman–Crippen LogP) is 3.58. The van der Waals surface area contributed by atoms with Crippen molar-refractivity contribution < 1.29 is 9.53 Å². The van der Waals surface area contributed by atoms with Crippen molar-refractivity contribution in [2.45, 2.75) is 45.1 Å². The monoisotopic (exact) mass is 348 g/mol. The molecule has 0 unspecified atom stereocenters. The smallest absolute Gasteiger partial charge is 0.303 e. The van der Waals surface area contributed by atoms with Crippen LogP contribution in [0.2, 0.25) is 0 Å². The van der Waals surface area contributed by atoms with Gasteiger partial charge in [0.1, 0.15) is 5.60 Å². The van der Waals surface area contributed by atoms with Gasteiger partial charge in [-0.3, -0.25) is 9.78 Å². The number of rotatable bonds is 5. The minimum atomic E-state index is -0.483. The number of carbonyl (C=O) groups is 1. The number of unbranched alkanes of at least 4 members (excludes halogenated alkanes) is 1. The van der Waals surface area contributed by atoms with Crippen molar-refractivity contribution in [2.24, 2.45) is 0 Å². The molecule has 0 radical (unpaired) electrons. The molecule has 0 amide bonds. The van der Waals surface area contributed by atoms with Gasteiger partial charge in [-0.05, 0) is 19.0 Å². The molecule has 22 heavy (non-hydrogen) atoms. The lowest BCUT2D eigenvalue weighted by atomic mass is 9.85. The van der Waals surface area contributed by atoms with E-state index >= 15 is 0 Å². The molecule has 0 saturated carbocycles. The van der Waals surface area contributed by atoms with Crippen molar-refractivity contribution >= 4 is 30.8 Å². The van der Waals surface area contributed by atoms with E-state index in [-0.39, 0.29) is 30.8 Å². The Balaban J connectivity index is 0.00000220. The zero-order valence-corrected chi connectivity index (χ0v) is 14.9. The van der Waals surface area contributed by atoms with Gasteiger partial charge < -0.3 is 9.64 Å². The van der Waals surface area contributed by atoms with E-state index in [1.165, 1.54) is 19.8 Å². The molecule has 0 bridgehead atoms. The van der Waals surface area contributed by atoms with Crippen LogP contribution in [0.3, 0.4) is 0 Å². The summed E-state index contributed by atoms with van der Waals surface area (Å²) in [5, 5.41) is 0. The van der Waals surface area contributed by atoms with Crippen LogP contribution in [0.4, 0.5) is 0 Å². The average Bonchev–Trinajstić information content (AvgIpc) is 2.47. The summed E-state index contributed by atoms with van der Waals surface area (Å²) in [5.74, 6) is -0.212. The fourth-order valence-electron chi connectivity index (χ4n) is 2.88. The second-order valence-electron chi connectivity index (χ2n) is 5.52. The summed E-state index contributed by atoms with van der Waals surface area (Å²) in [6.07, 6.45) is 7.72. The van der Waals surface area contributed by atoms with Crippen LogP contribution in [-0.4, -0.2) is 35.5 Å². The molecule has 0 atom stereocenters. The fraction of sp³-hybridized carbons (Fsp3) is 0.625. The van der Waals surface area contributed by atoms with E-state index in [4.69, 9.17) is 4.74 Å². The van der Waals surface area contributed by atoms with Crippen LogP contribution in [-0.2, 0) is 15.1 Å². The number of ether oxygens (including phenoxy) is 1. The molecule has 1 aromatic heterocycles. The maximum absolute atomic E-state index is 11.5. The highest BCUT2D eigenvalue weighted by Crippen LogP contribution is 2.36. The van der Waals surface area contributed by atoms with Gasteiger partial charge in [0.25, 0.3) is 0 Å². The second kappa shape index (κ2) is 10.0. The molecule has 4 nitrogen and oxygen atoms in total. The number of carbonyl (C=O) groups excluding carboxylic acids is 1. The molecule has 1 fully saturated rings. The van der Waals surface area contributed by atoms with Gasteiger partial charge in [0, 0.05) is 50.8 Å². The summed E-state index contributed by atoms with van der Waals surface area (Å²) in [6, 6.07) is 3.92. The van der Waals surface area contributed by atoms with Crippen LogP contribution >= 0.6 is 24.8 Å². The Hall–Kier alpha value is -0.840. The number of esters is 1. The molecule has 1 aromatic rings. The van der Waals surface area contributed by atoms with Crippen molar-refractivity contribution in [3.63, 3.8) is 0 Å². The molecular formula is C16H26Cl2N2O2. The van der Waals surface area contributed by atoms with E-state index in [0.717, 1.165) is 38.0 Å². The first-order valence-electron chi connectivity index (χ1n) is 7.49.